The summed E-state index contributed by atoms with van der Waals surface area (Å²) >= 11 is 0. The molecule has 1 aromatic rings. The normalized spacial score (nSPS) is 14.4. The first-order valence-corrected chi connectivity index (χ1v) is 7.31. The lowest BCUT2D eigenvalue weighted by molar-refractivity contribution is 0.363. The molecular formula is C16H28N2. The van der Waals surface area contributed by atoms with E-state index in [0.717, 1.165) is 25.9 Å². The lowest BCUT2D eigenvalue weighted by atomic mass is 9.91. The molecule has 1 aromatic heterocycles. The van der Waals surface area contributed by atoms with E-state index in [0.29, 0.717) is 11.8 Å². The molecule has 0 amide bonds. The van der Waals surface area contributed by atoms with E-state index >= 15 is 0 Å². The Bertz CT molecular complexity index is 318. The van der Waals surface area contributed by atoms with E-state index in [4.69, 9.17) is 0 Å². The molecule has 0 aliphatic rings. The van der Waals surface area contributed by atoms with E-state index in [-0.39, 0.29) is 0 Å². The lowest BCUT2D eigenvalue weighted by Gasteiger charge is -2.20. The predicted molar refractivity (Wildman–Crippen MR) is 78.8 cm³/mol. The van der Waals surface area contributed by atoms with Crippen LogP contribution in [0.4, 0.5) is 0 Å². The molecule has 0 aromatic carbocycles. The first-order chi connectivity index (χ1) is 8.67. The van der Waals surface area contributed by atoms with E-state index in [9.17, 15) is 0 Å². The smallest absolute Gasteiger partial charge is 0.0406 e. The van der Waals surface area contributed by atoms with E-state index < -0.39 is 0 Å². The molecule has 2 heteroatoms. The largest absolute Gasteiger partial charge is 0.316 e. The maximum absolute atomic E-state index is 4.55. The van der Waals surface area contributed by atoms with Crippen molar-refractivity contribution in [2.45, 2.75) is 47.0 Å². The van der Waals surface area contributed by atoms with Gasteiger partial charge in [-0.1, -0.05) is 33.8 Å². The van der Waals surface area contributed by atoms with Crippen molar-refractivity contribution in [3.05, 3.63) is 29.6 Å². The molecule has 1 N–H and O–H groups in total. The van der Waals surface area contributed by atoms with Gasteiger partial charge in [0.15, 0.2) is 0 Å². The van der Waals surface area contributed by atoms with Gasteiger partial charge in [0.25, 0.3) is 0 Å². The van der Waals surface area contributed by atoms with Crippen LogP contribution < -0.4 is 5.32 Å². The molecule has 0 radical (unpaired) electrons. The molecule has 0 aliphatic heterocycles. The third-order valence-corrected chi connectivity index (χ3v) is 3.69. The van der Waals surface area contributed by atoms with Crippen molar-refractivity contribution < 1.29 is 0 Å². The van der Waals surface area contributed by atoms with Crippen LogP contribution in [0.5, 0.6) is 0 Å². The highest BCUT2D eigenvalue weighted by Gasteiger charge is 2.13. The molecule has 2 unspecified atom stereocenters. The Morgan fingerprint density at radius 1 is 1.17 bits per heavy atom. The fourth-order valence-electron chi connectivity index (χ4n) is 2.02. The Hall–Kier alpha value is -0.890. The molecular weight excluding hydrogens is 220 g/mol. The van der Waals surface area contributed by atoms with Crippen molar-refractivity contribution in [3.63, 3.8) is 0 Å². The average molecular weight is 248 g/mol. The fraction of sp³-hybridized carbons (Fsp3) is 0.688. The van der Waals surface area contributed by atoms with Crippen LogP contribution in [0.25, 0.3) is 0 Å². The van der Waals surface area contributed by atoms with Gasteiger partial charge in [0.05, 0.1) is 0 Å². The van der Waals surface area contributed by atoms with Crippen molar-refractivity contribution in [2.24, 2.45) is 11.8 Å². The summed E-state index contributed by atoms with van der Waals surface area (Å²) in [6, 6.07) is 4.39. The number of hydrogen-bond acceptors (Lipinski definition) is 2. The number of rotatable bonds is 8. The molecule has 2 atom stereocenters. The summed E-state index contributed by atoms with van der Waals surface area (Å²) in [7, 11) is 0. The standard InChI is InChI=1S/C16H28N2/c1-5-9-17-11-14(4)13(3)10-16-8-7-15(6-2)12-18-16/h7-8,12-14,17H,5-6,9-11H2,1-4H3. The molecule has 0 spiro atoms. The molecule has 0 aliphatic carbocycles. The van der Waals surface area contributed by atoms with Gasteiger partial charge >= 0.3 is 0 Å². The molecule has 0 saturated heterocycles. The van der Waals surface area contributed by atoms with Crippen LogP contribution in [0.2, 0.25) is 0 Å². The number of pyridine rings is 1. The lowest BCUT2D eigenvalue weighted by Crippen LogP contribution is -2.26. The van der Waals surface area contributed by atoms with Crippen molar-refractivity contribution >= 4 is 0 Å². The minimum atomic E-state index is 0.675. The zero-order valence-electron chi connectivity index (χ0n) is 12.4. The highest BCUT2D eigenvalue weighted by molar-refractivity contribution is 5.14. The second-order valence-corrected chi connectivity index (χ2v) is 5.37. The Balaban J connectivity index is 2.39. The van der Waals surface area contributed by atoms with Gasteiger partial charge in [-0.3, -0.25) is 4.98 Å². The summed E-state index contributed by atoms with van der Waals surface area (Å²) in [5, 5.41) is 3.50. The number of aromatic nitrogens is 1. The van der Waals surface area contributed by atoms with Gasteiger partial charge in [-0.2, -0.15) is 0 Å². The third kappa shape index (κ3) is 5.18. The van der Waals surface area contributed by atoms with Crippen LogP contribution in [0.1, 0.15) is 45.4 Å². The Morgan fingerprint density at radius 3 is 2.50 bits per heavy atom. The molecule has 1 rings (SSSR count). The third-order valence-electron chi connectivity index (χ3n) is 3.69. The minimum absolute atomic E-state index is 0.675. The number of aryl methyl sites for hydroxylation is 1. The Morgan fingerprint density at radius 2 is 1.94 bits per heavy atom. The van der Waals surface area contributed by atoms with Gasteiger partial charge < -0.3 is 5.32 Å². The van der Waals surface area contributed by atoms with Crippen LogP contribution in [-0.2, 0) is 12.8 Å². The summed E-state index contributed by atoms with van der Waals surface area (Å²) in [6.07, 6.45) is 5.38. The van der Waals surface area contributed by atoms with Gasteiger partial charge in [-0.25, -0.2) is 0 Å². The quantitative estimate of drug-likeness (QED) is 0.713. The zero-order chi connectivity index (χ0) is 13.4. The summed E-state index contributed by atoms with van der Waals surface area (Å²) < 4.78 is 0. The molecule has 0 fully saturated rings. The van der Waals surface area contributed by atoms with Crippen LogP contribution in [0.3, 0.4) is 0 Å². The molecule has 18 heavy (non-hydrogen) atoms. The maximum Gasteiger partial charge on any atom is 0.0406 e. The Kier molecular flexibility index (Phi) is 6.96. The van der Waals surface area contributed by atoms with Crippen molar-refractivity contribution in [2.75, 3.05) is 13.1 Å². The van der Waals surface area contributed by atoms with E-state index in [2.05, 4.69) is 50.1 Å². The Labute approximate surface area is 112 Å². The topological polar surface area (TPSA) is 24.9 Å². The van der Waals surface area contributed by atoms with Crippen molar-refractivity contribution in [1.82, 2.24) is 10.3 Å². The van der Waals surface area contributed by atoms with Gasteiger partial charge in [0.2, 0.25) is 0 Å². The molecule has 102 valence electrons. The van der Waals surface area contributed by atoms with Crippen LogP contribution in [-0.4, -0.2) is 18.1 Å². The number of nitrogens with one attached hydrogen (secondary N) is 1. The fourth-order valence-corrected chi connectivity index (χ4v) is 2.02. The van der Waals surface area contributed by atoms with Crippen LogP contribution in [0, 0.1) is 11.8 Å². The second kappa shape index (κ2) is 8.25. The first kappa shape index (κ1) is 15.2. The van der Waals surface area contributed by atoms with Crippen molar-refractivity contribution in [1.29, 1.82) is 0 Å². The van der Waals surface area contributed by atoms with E-state index in [1.807, 2.05) is 6.20 Å². The minimum Gasteiger partial charge on any atom is -0.316 e. The predicted octanol–water partition coefficient (Wildman–Crippen LogP) is 3.46. The van der Waals surface area contributed by atoms with Crippen molar-refractivity contribution in [3.8, 4) is 0 Å². The van der Waals surface area contributed by atoms with Gasteiger partial charge in [0.1, 0.15) is 0 Å². The zero-order valence-corrected chi connectivity index (χ0v) is 12.4. The SMILES string of the molecule is CCCNCC(C)C(C)Cc1ccc(CC)cn1. The highest BCUT2D eigenvalue weighted by Crippen LogP contribution is 2.15. The van der Waals surface area contributed by atoms with E-state index in [1.54, 1.807) is 0 Å². The summed E-state index contributed by atoms with van der Waals surface area (Å²) in [4.78, 5) is 4.55. The monoisotopic (exact) mass is 248 g/mol. The first-order valence-electron chi connectivity index (χ1n) is 7.31. The summed E-state index contributed by atoms with van der Waals surface area (Å²) in [5.41, 5.74) is 2.55. The van der Waals surface area contributed by atoms with Gasteiger partial charge in [-0.15, -0.1) is 0 Å². The summed E-state index contributed by atoms with van der Waals surface area (Å²) in [6.45, 7) is 11.3. The number of nitrogens with zero attached hydrogens (tertiary/aromatic N) is 1. The summed E-state index contributed by atoms with van der Waals surface area (Å²) in [5.74, 6) is 1.37. The molecule has 1 heterocycles. The average Bonchev–Trinajstić information content (AvgIpc) is 2.39. The molecule has 0 bridgehead atoms. The molecule has 0 saturated carbocycles. The molecule has 2 nitrogen and oxygen atoms in total. The highest BCUT2D eigenvalue weighted by atomic mass is 14.8. The van der Waals surface area contributed by atoms with Crippen LogP contribution >= 0.6 is 0 Å². The van der Waals surface area contributed by atoms with Gasteiger partial charge in [-0.05, 0) is 55.8 Å². The van der Waals surface area contributed by atoms with Gasteiger partial charge in [0, 0.05) is 11.9 Å². The maximum atomic E-state index is 4.55. The van der Waals surface area contributed by atoms with Crippen LogP contribution in [0.15, 0.2) is 18.3 Å². The van der Waals surface area contributed by atoms with E-state index in [1.165, 1.54) is 17.7 Å². The second-order valence-electron chi connectivity index (χ2n) is 5.37. The number of hydrogen-bond donors (Lipinski definition) is 1.